The van der Waals surface area contributed by atoms with Crippen LogP contribution in [-0.4, -0.2) is 14.8 Å². The topological polar surface area (TPSA) is 129 Å². The summed E-state index contributed by atoms with van der Waals surface area (Å²) in [6.07, 6.45) is 0. The van der Waals surface area contributed by atoms with Gasteiger partial charge in [0, 0.05) is 18.2 Å². The van der Waals surface area contributed by atoms with E-state index in [1.807, 2.05) is 0 Å². The smallest absolute Gasteiger partial charge is 0.258 e. The van der Waals surface area contributed by atoms with E-state index in [1.54, 1.807) is 0 Å². The number of nitro groups is 3. The summed E-state index contributed by atoms with van der Waals surface area (Å²) in [5.74, 6) is -0.799. The summed E-state index contributed by atoms with van der Waals surface area (Å²) in [4.78, 5) is 28.1. The summed E-state index contributed by atoms with van der Waals surface area (Å²) in [5, 5.41) is 30.4. The lowest BCUT2D eigenvalue weighted by atomic mass is 10.3. The van der Waals surface area contributed by atoms with E-state index in [2.05, 4.69) is 0 Å². The van der Waals surface area contributed by atoms with Crippen molar-refractivity contribution in [3.8, 4) is 0 Å². The van der Waals surface area contributed by atoms with Crippen molar-refractivity contribution < 1.29 is 19.2 Å². The molecule has 0 fully saturated rings. The Bertz CT molecular complexity index is 689. The second-order valence-corrected chi connectivity index (χ2v) is 3.71. The maximum atomic E-state index is 12.4. The van der Waals surface area contributed by atoms with Crippen molar-refractivity contribution in [2.75, 3.05) is 0 Å². The van der Waals surface area contributed by atoms with Gasteiger partial charge >= 0.3 is 17.1 Å². The molecule has 0 bridgehead atoms. The van der Waals surface area contributed by atoms with Crippen LogP contribution in [0.25, 0.3) is 0 Å². The fraction of sp³-hybridized carbons (Fsp3) is 0. The molecule has 0 aliphatic rings. The number of para-hydroxylation sites is 3. The van der Waals surface area contributed by atoms with E-state index in [4.69, 9.17) is 0 Å². The van der Waals surface area contributed by atoms with Crippen molar-refractivity contribution in [2.45, 2.75) is 0 Å². The summed E-state index contributed by atoms with van der Waals surface area (Å²) in [6.45, 7) is 0. The third kappa shape index (κ3) is 4.30. The molecule has 10 heteroatoms. The van der Waals surface area contributed by atoms with Crippen LogP contribution in [0.4, 0.5) is 21.5 Å². The van der Waals surface area contributed by atoms with Crippen LogP contribution in [0.5, 0.6) is 0 Å². The fourth-order valence-corrected chi connectivity index (χ4v) is 1.37. The average molecular weight is 309 g/mol. The van der Waals surface area contributed by atoms with Crippen molar-refractivity contribution >= 4 is 17.1 Å². The normalized spacial score (nSPS) is 9.32. The molecule has 0 saturated carbocycles. The predicted octanol–water partition coefficient (Wildman–Crippen LogP) is 3.24. The van der Waals surface area contributed by atoms with E-state index in [0.717, 1.165) is 24.3 Å². The minimum absolute atomic E-state index is 0.484. The molecule has 2 aromatic carbocycles. The van der Waals surface area contributed by atoms with E-state index in [1.165, 1.54) is 24.3 Å². The van der Waals surface area contributed by atoms with E-state index in [0.29, 0.717) is 0 Å². The number of benzene rings is 2. The van der Waals surface area contributed by atoms with Crippen LogP contribution in [0, 0.1) is 36.2 Å². The lowest BCUT2D eigenvalue weighted by molar-refractivity contribution is -0.422. The fourth-order valence-electron chi connectivity index (χ4n) is 1.37. The predicted molar refractivity (Wildman–Crippen MR) is 72.8 cm³/mol. The molecule has 2 aromatic rings. The molecule has 22 heavy (non-hydrogen) atoms. The lowest BCUT2D eigenvalue weighted by Gasteiger charge is -1.91. The summed E-state index contributed by atoms with van der Waals surface area (Å²) in [7, 11) is 0. The molecule has 0 aliphatic carbocycles. The number of nitrogens with zero attached hydrogens (tertiary/aromatic N) is 3. The van der Waals surface area contributed by atoms with Gasteiger partial charge in [-0.3, -0.25) is 30.3 Å². The second kappa shape index (κ2) is 7.38. The second-order valence-electron chi connectivity index (χ2n) is 3.71. The Labute approximate surface area is 122 Å². The molecule has 2 rings (SSSR count). The summed E-state index contributed by atoms with van der Waals surface area (Å²) < 4.78 is 12.4. The molecule has 0 aliphatic heterocycles. The van der Waals surface area contributed by atoms with Crippen LogP contribution in [0.2, 0.25) is 0 Å². The summed E-state index contributed by atoms with van der Waals surface area (Å²) in [6, 6.07) is 9.95. The first-order chi connectivity index (χ1) is 10.3. The quantitative estimate of drug-likeness (QED) is 0.632. The number of nitro benzene ring substituents is 3. The van der Waals surface area contributed by atoms with Gasteiger partial charge in [-0.1, -0.05) is 24.3 Å². The largest absolute Gasteiger partial charge is 0.346 e. The average Bonchev–Trinajstić information content (AvgIpc) is 2.48. The lowest BCUT2D eigenvalue weighted by Crippen LogP contribution is -1.95. The van der Waals surface area contributed by atoms with Gasteiger partial charge in [-0.2, -0.15) is 4.39 Å². The highest BCUT2D eigenvalue weighted by Crippen LogP contribution is 2.24. The zero-order valence-electron chi connectivity index (χ0n) is 10.8. The van der Waals surface area contributed by atoms with Crippen molar-refractivity contribution in [1.29, 1.82) is 0 Å². The summed E-state index contributed by atoms with van der Waals surface area (Å²) >= 11 is 0. The maximum absolute atomic E-state index is 12.4. The number of hydrogen-bond acceptors (Lipinski definition) is 6. The Morgan fingerprint density at radius 1 is 0.636 bits per heavy atom. The highest BCUT2D eigenvalue weighted by molar-refractivity contribution is 5.51. The molecule has 0 radical (unpaired) electrons. The third-order valence-corrected chi connectivity index (χ3v) is 2.32. The zero-order valence-corrected chi connectivity index (χ0v) is 10.8. The Hall–Kier alpha value is -3.43. The van der Waals surface area contributed by atoms with Crippen LogP contribution < -0.4 is 0 Å². The van der Waals surface area contributed by atoms with Gasteiger partial charge in [-0.15, -0.1) is 0 Å². The van der Waals surface area contributed by atoms with E-state index in [9.17, 15) is 34.7 Å². The number of hydrogen-bond donors (Lipinski definition) is 0. The van der Waals surface area contributed by atoms with Crippen molar-refractivity contribution in [1.82, 2.24) is 0 Å². The molecule has 9 nitrogen and oxygen atoms in total. The molecule has 0 spiro atoms. The SMILES string of the molecule is O=[N+]([O-])c1ccccc1F.O=[N+]([O-])c1ccccc1[N+](=O)[O-]. The molecule has 0 aromatic heterocycles. The highest BCUT2D eigenvalue weighted by atomic mass is 19.1. The Balaban J connectivity index is 0.000000224. The highest BCUT2D eigenvalue weighted by Gasteiger charge is 2.21. The van der Waals surface area contributed by atoms with E-state index < -0.39 is 37.6 Å². The Morgan fingerprint density at radius 3 is 1.23 bits per heavy atom. The first kappa shape index (κ1) is 16.6. The maximum Gasteiger partial charge on any atom is 0.346 e. The molecule has 0 atom stereocenters. The van der Waals surface area contributed by atoms with E-state index in [-0.39, 0.29) is 0 Å². The van der Waals surface area contributed by atoms with Crippen LogP contribution >= 0.6 is 0 Å². The van der Waals surface area contributed by atoms with Crippen LogP contribution in [0.1, 0.15) is 0 Å². The molecule has 114 valence electrons. The standard InChI is InChI=1S/C6H4FNO2.C6H4N2O4/c7-5-3-1-2-4-6(5)8(9)10;9-7(10)5-3-1-2-4-6(5)8(11)12/h1-4H;1-4H. The summed E-state index contributed by atoms with van der Waals surface area (Å²) in [5.41, 5.74) is -1.45. The van der Waals surface area contributed by atoms with Gasteiger partial charge in [0.05, 0.1) is 14.8 Å². The van der Waals surface area contributed by atoms with Crippen LogP contribution in [0.3, 0.4) is 0 Å². The molecule has 0 N–H and O–H groups in total. The van der Waals surface area contributed by atoms with Crippen molar-refractivity contribution in [2.24, 2.45) is 0 Å². The molecule has 0 heterocycles. The van der Waals surface area contributed by atoms with Crippen molar-refractivity contribution in [3.63, 3.8) is 0 Å². The molecule has 0 amide bonds. The van der Waals surface area contributed by atoms with Gasteiger partial charge in [-0.25, -0.2) is 0 Å². The first-order valence-electron chi connectivity index (χ1n) is 5.61. The van der Waals surface area contributed by atoms with Gasteiger partial charge < -0.3 is 0 Å². The number of rotatable bonds is 3. The molecular weight excluding hydrogens is 301 g/mol. The van der Waals surface area contributed by atoms with Crippen LogP contribution in [0.15, 0.2) is 48.5 Å². The minimum Gasteiger partial charge on any atom is -0.258 e. The van der Waals surface area contributed by atoms with Gasteiger partial charge in [-0.05, 0) is 6.07 Å². The molecule has 0 saturated heterocycles. The molecule has 0 unspecified atom stereocenters. The minimum atomic E-state index is -0.799. The third-order valence-electron chi connectivity index (χ3n) is 2.32. The van der Waals surface area contributed by atoms with Gasteiger partial charge in [0.25, 0.3) is 0 Å². The van der Waals surface area contributed by atoms with Gasteiger partial charge in [0.2, 0.25) is 5.82 Å². The van der Waals surface area contributed by atoms with E-state index >= 15 is 0 Å². The monoisotopic (exact) mass is 309 g/mol. The first-order valence-corrected chi connectivity index (χ1v) is 5.61. The van der Waals surface area contributed by atoms with Gasteiger partial charge in [0.1, 0.15) is 0 Å². The van der Waals surface area contributed by atoms with Gasteiger partial charge in [0.15, 0.2) is 0 Å². The zero-order chi connectivity index (χ0) is 16.7. The van der Waals surface area contributed by atoms with Crippen molar-refractivity contribution in [3.05, 3.63) is 84.7 Å². The number of halogens is 1. The molecular formula is C12H8FN3O6. The Kier molecular flexibility index (Phi) is 5.58. The van der Waals surface area contributed by atoms with Crippen LogP contribution in [-0.2, 0) is 0 Å². The Morgan fingerprint density at radius 2 is 0.955 bits per heavy atom.